The fourth-order valence-electron chi connectivity index (χ4n) is 3.34. The summed E-state index contributed by atoms with van der Waals surface area (Å²) in [7, 11) is 0. The number of urea groups is 1. The van der Waals surface area contributed by atoms with Gasteiger partial charge in [0.1, 0.15) is 5.82 Å². The first-order valence-corrected chi connectivity index (χ1v) is 7.53. The van der Waals surface area contributed by atoms with Crippen molar-refractivity contribution in [2.45, 2.75) is 57.5 Å². The van der Waals surface area contributed by atoms with Crippen molar-refractivity contribution >= 4 is 11.7 Å². The maximum atomic E-state index is 13.3. The van der Waals surface area contributed by atoms with Gasteiger partial charge in [-0.05, 0) is 56.4 Å². The topological polar surface area (TPSA) is 32.3 Å². The second kappa shape index (κ2) is 5.43. The Morgan fingerprint density at radius 2 is 2.05 bits per heavy atom. The number of carbonyl (C=O) groups excluding carboxylic acids is 1. The third-order valence-corrected chi connectivity index (χ3v) is 4.47. The monoisotopic (exact) mass is 276 g/mol. The Bertz CT molecular complexity index is 511. The van der Waals surface area contributed by atoms with Gasteiger partial charge in [0.2, 0.25) is 0 Å². The van der Waals surface area contributed by atoms with E-state index in [1.807, 2.05) is 0 Å². The third-order valence-electron chi connectivity index (χ3n) is 4.47. The maximum absolute atomic E-state index is 13.3. The number of aryl methyl sites for hydroxylation is 1. The molecule has 0 spiro atoms. The van der Waals surface area contributed by atoms with Crippen LogP contribution in [0.5, 0.6) is 0 Å². The predicted octanol–water partition coefficient (Wildman–Crippen LogP) is 3.62. The van der Waals surface area contributed by atoms with E-state index in [0.29, 0.717) is 6.04 Å². The van der Waals surface area contributed by atoms with Crippen LogP contribution in [0, 0.1) is 5.82 Å². The van der Waals surface area contributed by atoms with E-state index in [9.17, 15) is 9.18 Å². The lowest BCUT2D eigenvalue weighted by molar-refractivity contribution is 0.239. The number of hydrogen-bond acceptors (Lipinski definition) is 1. The minimum atomic E-state index is -0.227. The molecule has 1 saturated carbocycles. The number of benzene rings is 1. The summed E-state index contributed by atoms with van der Waals surface area (Å²) in [5.41, 5.74) is 1.80. The second-order valence-electron chi connectivity index (χ2n) is 5.96. The van der Waals surface area contributed by atoms with Crippen molar-refractivity contribution in [3.63, 3.8) is 0 Å². The van der Waals surface area contributed by atoms with E-state index in [1.165, 1.54) is 18.9 Å². The van der Waals surface area contributed by atoms with Crippen LogP contribution in [0.1, 0.15) is 44.6 Å². The largest absolute Gasteiger partial charge is 0.335 e. The lowest BCUT2D eigenvalue weighted by Gasteiger charge is -2.36. The molecule has 2 aliphatic rings. The van der Waals surface area contributed by atoms with Crippen LogP contribution < -0.4 is 10.2 Å². The highest BCUT2D eigenvalue weighted by molar-refractivity contribution is 5.94. The average Bonchev–Trinajstić information content (AvgIpc) is 2.91. The summed E-state index contributed by atoms with van der Waals surface area (Å²) in [6.07, 6.45) is 6.26. The van der Waals surface area contributed by atoms with Crippen molar-refractivity contribution in [2.75, 3.05) is 4.90 Å². The molecule has 1 aliphatic carbocycles. The maximum Gasteiger partial charge on any atom is 0.322 e. The Morgan fingerprint density at radius 3 is 2.80 bits per heavy atom. The van der Waals surface area contributed by atoms with E-state index in [0.717, 1.165) is 36.9 Å². The highest BCUT2D eigenvalue weighted by Gasteiger charge is 2.30. The molecule has 0 unspecified atom stereocenters. The highest BCUT2D eigenvalue weighted by atomic mass is 19.1. The predicted molar refractivity (Wildman–Crippen MR) is 77.4 cm³/mol. The van der Waals surface area contributed by atoms with E-state index in [2.05, 4.69) is 12.2 Å². The molecule has 1 aromatic carbocycles. The van der Waals surface area contributed by atoms with Gasteiger partial charge < -0.3 is 5.32 Å². The Hall–Kier alpha value is -1.58. The number of rotatable bonds is 1. The summed E-state index contributed by atoms with van der Waals surface area (Å²) >= 11 is 0. The SMILES string of the molecule is C[C@@H]1CCc2cc(F)ccc2N1C(=O)NC1CCCC1. The second-order valence-corrected chi connectivity index (χ2v) is 5.96. The molecule has 3 rings (SSSR count). The quantitative estimate of drug-likeness (QED) is 0.834. The molecule has 20 heavy (non-hydrogen) atoms. The fraction of sp³-hybridized carbons (Fsp3) is 0.562. The first kappa shape index (κ1) is 13.4. The molecule has 0 aromatic heterocycles. The molecule has 1 atom stereocenters. The van der Waals surface area contributed by atoms with Crippen LogP contribution in [0.15, 0.2) is 18.2 Å². The fourth-order valence-corrected chi connectivity index (χ4v) is 3.34. The van der Waals surface area contributed by atoms with Crippen LogP contribution in [-0.4, -0.2) is 18.1 Å². The summed E-state index contributed by atoms with van der Waals surface area (Å²) in [5.74, 6) is -0.227. The summed E-state index contributed by atoms with van der Waals surface area (Å²) in [5, 5.41) is 3.13. The number of amides is 2. The lowest BCUT2D eigenvalue weighted by atomic mass is 9.97. The van der Waals surface area contributed by atoms with E-state index in [-0.39, 0.29) is 17.9 Å². The summed E-state index contributed by atoms with van der Waals surface area (Å²) in [4.78, 5) is 14.3. The molecule has 0 bridgehead atoms. The van der Waals surface area contributed by atoms with Gasteiger partial charge in [-0.1, -0.05) is 12.8 Å². The minimum absolute atomic E-state index is 0.0306. The summed E-state index contributed by atoms with van der Waals surface area (Å²) in [6.45, 7) is 2.06. The zero-order chi connectivity index (χ0) is 14.1. The van der Waals surface area contributed by atoms with Crippen LogP contribution in [0.4, 0.5) is 14.9 Å². The summed E-state index contributed by atoms with van der Waals surface area (Å²) in [6, 6.07) is 5.16. The molecule has 1 aromatic rings. The molecular formula is C16H21FN2O. The minimum Gasteiger partial charge on any atom is -0.335 e. The van der Waals surface area contributed by atoms with Gasteiger partial charge in [-0.25, -0.2) is 9.18 Å². The van der Waals surface area contributed by atoms with Gasteiger partial charge in [0.05, 0.1) is 0 Å². The first-order valence-electron chi connectivity index (χ1n) is 7.53. The van der Waals surface area contributed by atoms with Crippen molar-refractivity contribution in [3.8, 4) is 0 Å². The third kappa shape index (κ3) is 2.51. The van der Waals surface area contributed by atoms with Crippen LogP contribution in [0.25, 0.3) is 0 Å². The Morgan fingerprint density at radius 1 is 1.30 bits per heavy atom. The first-order chi connectivity index (χ1) is 9.65. The smallest absolute Gasteiger partial charge is 0.322 e. The number of nitrogens with one attached hydrogen (secondary N) is 1. The number of anilines is 1. The molecule has 1 aliphatic heterocycles. The molecule has 0 saturated heterocycles. The van der Waals surface area contributed by atoms with Crippen molar-refractivity contribution < 1.29 is 9.18 Å². The Balaban J connectivity index is 1.82. The van der Waals surface area contributed by atoms with Gasteiger partial charge in [0, 0.05) is 17.8 Å². The molecule has 2 amide bonds. The van der Waals surface area contributed by atoms with Crippen LogP contribution in [0.2, 0.25) is 0 Å². The summed E-state index contributed by atoms with van der Waals surface area (Å²) < 4.78 is 13.3. The molecule has 4 heteroatoms. The van der Waals surface area contributed by atoms with Crippen LogP contribution in [0.3, 0.4) is 0 Å². The Labute approximate surface area is 119 Å². The number of hydrogen-bond donors (Lipinski definition) is 1. The van der Waals surface area contributed by atoms with Gasteiger partial charge in [-0.2, -0.15) is 0 Å². The molecule has 1 fully saturated rings. The van der Waals surface area contributed by atoms with Crippen molar-refractivity contribution in [2.24, 2.45) is 0 Å². The van der Waals surface area contributed by atoms with Gasteiger partial charge in [-0.15, -0.1) is 0 Å². The van der Waals surface area contributed by atoms with Gasteiger partial charge in [0.25, 0.3) is 0 Å². The van der Waals surface area contributed by atoms with Gasteiger partial charge >= 0.3 is 6.03 Å². The highest BCUT2D eigenvalue weighted by Crippen LogP contribution is 2.31. The zero-order valence-corrected chi connectivity index (χ0v) is 11.9. The van der Waals surface area contributed by atoms with Gasteiger partial charge in [-0.3, -0.25) is 4.90 Å². The van der Waals surface area contributed by atoms with E-state index in [4.69, 9.17) is 0 Å². The van der Waals surface area contributed by atoms with Crippen molar-refractivity contribution in [1.29, 1.82) is 0 Å². The number of nitrogens with zero attached hydrogens (tertiary/aromatic N) is 1. The number of fused-ring (bicyclic) bond motifs is 1. The van der Waals surface area contributed by atoms with Gasteiger partial charge in [0.15, 0.2) is 0 Å². The molecular weight excluding hydrogens is 255 g/mol. The molecule has 3 nitrogen and oxygen atoms in total. The van der Waals surface area contributed by atoms with Crippen molar-refractivity contribution in [1.82, 2.24) is 5.32 Å². The molecule has 1 N–H and O–H groups in total. The molecule has 0 radical (unpaired) electrons. The number of halogens is 1. The normalized spacial score (nSPS) is 22.7. The molecule has 108 valence electrons. The molecule has 1 heterocycles. The lowest BCUT2D eigenvalue weighted by Crippen LogP contribution is -2.50. The van der Waals surface area contributed by atoms with Crippen LogP contribution in [-0.2, 0) is 6.42 Å². The van der Waals surface area contributed by atoms with E-state index >= 15 is 0 Å². The zero-order valence-electron chi connectivity index (χ0n) is 11.9. The van der Waals surface area contributed by atoms with Crippen LogP contribution >= 0.6 is 0 Å². The average molecular weight is 276 g/mol. The standard InChI is InChI=1S/C16H21FN2O/c1-11-6-7-12-10-13(17)8-9-15(12)19(11)16(20)18-14-4-2-3-5-14/h8-11,14H,2-7H2,1H3,(H,18,20)/t11-/m1/s1. The van der Waals surface area contributed by atoms with E-state index < -0.39 is 0 Å². The van der Waals surface area contributed by atoms with E-state index in [1.54, 1.807) is 17.0 Å². The number of carbonyl (C=O) groups is 1. The van der Waals surface area contributed by atoms with Crippen molar-refractivity contribution in [3.05, 3.63) is 29.6 Å². The Kier molecular flexibility index (Phi) is 3.64.